The second-order valence-electron chi connectivity index (χ2n) is 7.52. The van der Waals surface area contributed by atoms with Crippen molar-refractivity contribution < 1.29 is 9.59 Å². The Balaban J connectivity index is 1.42. The summed E-state index contributed by atoms with van der Waals surface area (Å²) in [5.74, 6) is 1.03. The highest BCUT2D eigenvalue weighted by atomic mass is 16.2. The van der Waals surface area contributed by atoms with Gasteiger partial charge in [0.05, 0.1) is 0 Å². The summed E-state index contributed by atoms with van der Waals surface area (Å²) in [6, 6.07) is 7.68. The third kappa shape index (κ3) is 5.32. The van der Waals surface area contributed by atoms with Crippen LogP contribution in [0.1, 0.15) is 73.7 Å². The molecule has 0 aromatic heterocycles. The zero-order chi connectivity index (χ0) is 17.5. The standard InChI is InChI=1S/C21H30N2O2/c24-20(13-10-17-6-2-3-7-17)22-16-18-8-11-19(12-9-18)21(25)23-14-4-1-5-15-23/h8-9,11-12,17H,1-7,10,13-16H2,(H,22,24). The molecule has 4 heteroatoms. The molecule has 0 atom stereocenters. The molecule has 2 aliphatic rings. The lowest BCUT2D eigenvalue weighted by Crippen LogP contribution is -2.35. The first-order valence-electron chi connectivity index (χ1n) is 9.87. The Hall–Kier alpha value is -1.84. The largest absolute Gasteiger partial charge is 0.352 e. The minimum atomic E-state index is 0.131. The van der Waals surface area contributed by atoms with Gasteiger partial charge >= 0.3 is 0 Å². The van der Waals surface area contributed by atoms with E-state index in [0.29, 0.717) is 13.0 Å². The minimum absolute atomic E-state index is 0.131. The van der Waals surface area contributed by atoms with Gasteiger partial charge in [-0.25, -0.2) is 0 Å². The van der Waals surface area contributed by atoms with E-state index in [0.717, 1.165) is 49.4 Å². The van der Waals surface area contributed by atoms with Gasteiger partial charge in [-0.2, -0.15) is 0 Å². The predicted molar refractivity (Wildman–Crippen MR) is 99.2 cm³/mol. The van der Waals surface area contributed by atoms with Crippen molar-refractivity contribution in [1.82, 2.24) is 10.2 Å². The van der Waals surface area contributed by atoms with Gasteiger partial charge in [0.1, 0.15) is 0 Å². The molecule has 0 unspecified atom stereocenters. The summed E-state index contributed by atoms with van der Waals surface area (Å²) in [6.45, 7) is 2.29. The molecule has 2 amide bonds. The average Bonchev–Trinajstić information content (AvgIpc) is 3.19. The van der Waals surface area contributed by atoms with Gasteiger partial charge < -0.3 is 10.2 Å². The van der Waals surface area contributed by atoms with E-state index in [1.54, 1.807) is 0 Å². The molecule has 4 nitrogen and oxygen atoms in total. The van der Waals surface area contributed by atoms with Crippen LogP contribution < -0.4 is 5.32 Å². The molecule has 25 heavy (non-hydrogen) atoms. The summed E-state index contributed by atoms with van der Waals surface area (Å²) < 4.78 is 0. The van der Waals surface area contributed by atoms with E-state index in [1.165, 1.54) is 32.1 Å². The third-order valence-corrected chi connectivity index (χ3v) is 5.59. The maximum absolute atomic E-state index is 12.4. The summed E-state index contributed by atoms with van der Waals surface area (Å²) in [4.78, 5) is 26.4. The Morgan fingerprint density at radius 2 is 1.64 bits per heavy atom. The Morgan fingerprint density at radius 1 is 0.960 bits per heavy atom. The predicted octanol–water partition coefficient (Wildman–Crippen LogP) is 3.90. The van der Waals surface area contributed by atoms with Gasteiger partial charge in [-0.1, -0.05) is 37.8 Å². The van der Waals surface area contributed by atoms with E-state index in [1.807, 2.05) is 29.2 Å². The Morgan fingerprint density at radius 3 is 2.32 bits per heavy atom. The molecule has 1 aromatic carbocycles. The fourth-order valence-electron chi connectivity index (χ4n) is 3.97. The van der Waals surface area contributed by atoms with E-state index in [2.05, 4.69) is 5.32 Å². The smallest absolute Gasteiger partial charge is 0.253 e. The van der Waals surface area contributed by atoms with Crippen LogP contribution >= 0.6 is 0 Å². The summed E-state index contributed by atoms with van der Waals surface area (Å²) in [7, 11) is 0. The first-order valence-corrected chi connectivity index (χ1v) is 9.87. The number of piperidine rings is 1. The lowest BCUT2D eigenvalue weighted by atomic mass is 10.0. The third-order valence-electron chi connectivity index (χ3n) is 5.59. The normalized spacial score (nSPS) is 18.3. The first kappa shape index (κ1) is 18.0. The van der Waals surface area contributed by atoms with Gasteiger partial charge in [-0.3, -0.25) is 9.59 Å². The molecular formula is C21H30N2O2. The van der Waals surface area contributed by atoms with Crippen molar-refractivity contribution in [2.45, 2.75) is 64.3 Å². The highest BCUT2D eigenvalue weighted by Crippen LogP contribution is 2.28. The monoisotopic (exact) mass is 342 g/mol. The van der Waals surface area contributed by atoms with E-state index in [-0.39, 0.29) is 11.8 Å². The van der Waals surface area contributed by atoms with Crippen molar-refractivity contribution in [1.29, 1.82) is 0 Å². The molecule has 1 heterocycles. The van der Waals surface area contributed by atoms with Crippen LogP contribution in [-0.4, -0.2) is 29.8 Å². The van der Waals surface area contributed by atoms with E-state index in [9.17, 15) is 9.59 Å². The van der Waals surface area contributed by atoms with Gasteiger partial charge in [-0.05, 0) is 49.3 Å². The molecule has 1 aliphatic heterocycles. The van der Waals surface area contributed by atoms with Crippen LogP contribution in [0, 0.1) is 5.92 Å². The molecule has 0 radical (unpaired) electrons. The summed E-state index contributed by atoms with van der Waals surface area (Å²) in [5, 5.41) is 3.00. The minimum Gasteiger partial charge on any atom is -0.352 e. The molecule has 1 aliphatic carbocycles. The van der Waals surface area contributed by atoms with Crippen LogP contribution in [0.2, 0.25) is 0 Å². The Labute approximate surface area is 151 Å². The maximum atomic E-state index is 12.4. The van der Waals surface area contributed by atoms with Crippen molar-refractivity contribution in [2.24, 2.45) is 5.92 Å². The zero-order valence-electron chi connectivity index (χ0n) is 15.1. The van der Waals surface area contributed by atoms with Gasteiger partial charge in [0.15, 0.2) is 0 Å². The molecule has 136 valence electrons. The van der Waals surface area contributed by atoms with E-state index in [4.69, 9.17) is 0 Å². The quantitative estimate of drug-likeness (QED) is 0.852. The molecule has 3 rings (SSSR count). The lowest BCUT2D eigenvalue weighted by molar-refractivity contribution is -0.121. The molecular weight excluding hydrogens is 312 g/mol. The Kier molecular flexibility index (Phi) is 6.48. The number of hydrogen-bond donors (Lipinski definition) is 1. The van der Waals surface area contributed by atoms with Crippen molar-refractivity contribution in [2.75, 3.05) is 13.1 Å². The summed E-state index contributed by atoms with van der Waals surface area (Å²) in [6.07, 6.45) is 10.3. The number of likely N-dealkylation sites (tertiary alicyclic amines) is 1. The topological polar surface area (TPSA) is 49.4 Å². The first-order chi connectivity index (χ1) is 12.2. The average molecular weight is 342 g/mol. The van der Waals surface area contributed by atoms with Crippen molar-refractivity contribution in [3.63, 3.8) is 0 Å². The molecule has 1 saturated heterocycles. The number of carbonyl (C=O) groups excluding carboxylic acids is 2. The number of rotatable bonds is 6. The molecule has 2 fully saturated rings. The number of amides is 2. The van der Waals surface area contributed by atoms with E-state index >= 15 is 0 Å². The second kappa shape index (κ2) is 9.02. The van der Waals surface area contributed by atoms with Crippen molar-refractivity contribution >= 4 is 11.8 Å². The van der Waals surface area contributed by atoms with Gasteiger partial charge in [0.25, 0.3) is 5.91 Å². The Bertz CT molecular complexity index is 570. The maximum Gasteiger partial charge on any atom is 0.253 e. The van der Waals surface area contributed by atoms with Crippen molar-refractivity contribution in [3.05, 3.63) is 35.4 Å². The summed E-state index contributed by atoms with van der Waals surface area (Å²) in [5.41, 5.74) is 1.79. The highest BCUT2D eigenvalue weighted by molar-refractivity contribution is 5.94. The summed E-state index contributed by atoms with van der Waals surface area (Å²) >= 11 is 0. The van der Waals surface area contributed by atoms with Gasteiger partial charge in [-0.15, -0.1) is 0 Å². The molecule has 1 N–H and O–H groups in total. The highest BCUT2D eigenvalue weighted by Gasteiger charge is 2.18. The molecule has 1 saturated carbocycles. The van der Waals surface area contributed by atoms with Crippen LogP contribution in [0.4, 0.5) is 0 Å². The number of hydrogen-bond acceptors (Lipinski definition) is 2. The zero-order valence-corrected chi connectivity index (χ0v) is 15.1. The van der Waals surface area contributed by atoms with Crippen LogP contribution in [-0.2, 0) is 11.3 Å². The number of carbonyl (C=O) groups is 2. The number of nitrogens with zero attached hydrogens (tertiary/aromatic N) is 1. The van der Waals surface area contributed by atoms with Crippen molar-refractivity contribution in [3.8, 4) is 0 Å². The van der Waals surface area contributed by atoms with Gasteiger partial charge in [0.2, 0.25) is 5.91 Å². The van der Waals surface area contributed by atoms with Crippen LogP contribution in [0.5, 0.6) is 0 Å². The lowest BCUT2D eigenvalue weighted by Gasteiger charge is -2.26. The number of nitrogens with one attached hydrogen (secondary N) is 1. The fraction of sp³-hybridized carbons (Fsp3) is 0.619. The molecule has 0 bridgehead atoms. The number of benzene rings is 1. The van der Waals surface area contributed by atoms with E-state index < -0.39 is 0 Å². The van der Waals surface area contributed by atoms with Gasteiger partial charge in [0, 0.05) is 31.6 Å². The van der Waals surface area contributed by atoms with Crippen LogP contribution in [0.3, 0.4) is 0 Å². The van der Waals surface area contributed by atoms with Crippen LogP contribution in [0.15, 0.2) is 24.3 Å². The molecule has 1 aromatic rings. The van der Waals surface area contributed by atoms with Crippen LogP contribution in [0.25, 0.3) is 0 Å². The SMILES string of the molecule is O=C(CCC1CCCC1)NCc1ccc(C(=O)N2CCCCC2)cc1. The second-order valence-corrected chi connectivity index (χ2v) is 7.52. The fourth-order valence-corrected chi connectivity index (χ4v) is 3.97. The molecule has 0 spiro atoms.